The molecule has 1 saturated carbocycles. The van der Waals surface area contributed by atoms with Crippen molar-refractivity contribution in [3.63, 3.8) is 0 Å². The zero-order valence-corrected chi connectivity index (χ0v) is 20.5. The summed E-state index contributed by atoms with van der Waals surface area (Å²) in [4.78, 5) is 32.0. The zero-order chi connectivity index (χ0) is 24.9. The van der Waals surface area contributed by atoms with E-state index in [0.29, 0.717) is 25.2 Å². The van der Waals surface area contributed by atoms with Gasteiger partial charge in [0.15, 0.2) is 5.82 Å². The van der Waals surface area contributed by atoms with E-state index in [1.165, 1.54) is 0 Å². The van der Waals surface area contributed by atoms with E-state index in [-0.39, 0.29) is 24.4 Å². The average Bonchev–Trinajstić information content (AvgIpc) is 3.79. The van der Waals surface area contributed by atoms with E-state index < -0.39 is 0 Å². The lowest BCUT2D eigenvalue weighted by Gasteiger charge is -2.27. The highest BCUT2D eigenvalue weighted by molar-refractivity contribution is 5.97. The second kappa shape index (κ2) is 10.8. The third kappa shape index (κ3) is 5.48. The molecule has 0 N–H and O–H groups in total. The molecule has 186 valence electrons. The van der Waals surface area contributed by atoms with E-state index in [4.69, 9.17) is 4.74 Å². The van der Waals surface area contributed by atoms with Gasteiger partial charge in [-0.2, -0.15) is 0 Å². The van der Waals surface area contributed by atoms with E-state index in [2.05, 4.69) is 15.1 Å². The molecule has 8 nitrogen and oxygen atoms in total. The van der Waals surface area contributed by atoms with Crippen molar-refractivity contribution in [2.75, 3.05) is 44.7 Å². The Morgan fingerprint density at radius 3 is 2.36 bits per heavy atom. The van der Waals surface area contributed by atoms with Crippen LogP contribution in [0.1, 0.15) is 29.6 Å². The van der Waals surface area contributed by atoms with E-state index in [1.807, 2.05) is 71.6 Å². The van der Waals surface area contributed by atoms with E-state index >= 15 is 0 Å². The molecule has 36 heavy (non-hydrogen) atoms. The maximum Gasteiger partial charge on any atom is 0.254 e. The normalized spacial score (nSPS) is 15.8. The van der Waals surface area contributed by atoms with Gasteiger partial charge in [-0.25, -0.2) is 0 Å². The Kier molecular flexibility index (Phi) is 7.11. The maximum absolute atomic E-state index is 13.2. The van der Waals surface area contributed by atoms with Crippen LogP contribution in [-0.2, 0) is 4.79 Å². The summed E-state index contributed by atoms with van der Waals surface area (Å²) in [5.41, 5.74) is 2.42. The van der Waals surface area contributed by atoms with E-state index in [9.17, 15) is 9.59 Å². The largest absolute Gasteiger partial charge is 0.497 e. The summed E-state index contributed by atoms with van der Waals surface area (Å²) in [5.74, 6) is 1.56. The van der Waals surface area contributed by atoms with Crippen LogP contribution in [0.3, 0.4) is 0 Å². The SMILES string of the molecule is COc1ccc(-c2ccc(N3CCCN(C(=O)CN(C(=O)c4ccccc4)C4CC4)CC3)nn2)cc1. The summed E-state index contributed by atoms with van der Waals surface area (Å²) in [7, 11) is 1.65. The number of nitrogens with zero attached hydrogens (tertiary/aromatic N) is 5. The molecule has 0 radical (unpaired) electrons. The predicted octanol–water partition coefficient (Wildman–Crippen LogP) is 3.50. The first-order valence-corrected chi connectivity index (χ1v) is 12.5. The molecule has 2 fully saturated rings. The Labute approximate surface area is 211 Å². The Hall–Kier alpha value is -3.94. The second-order valence-corrected chi connectivity index (χ2v) is 9.26. The number of methoxy groups -OCH3 is 1. The van der Waals surface area contributed by atoms with E-state index in [1.54, 1.807) is 12.0 Å². The fourth-order valence-electron chi connectivity index (χ4n) is 4.55. The summed E-state index contributed by atoms with van der Waals surface area (Å²) in [6.07, 6.45) is 2.76. The molecule has 0 unspecified atom stereocenters. The standard InChI is InChI=1S/C28H31N5O3/c1-36-24-12-8-21(9-13-24)25-14-15-26(30-29-25)31-16-5-17-32(19-18-31)27(34)20-33(23-10-11-23)28(35)22-6-3-2-4-7-22/h2-4,6-9,12-15,23H,5,10-11,16-20H2,1H3. The molecule has 1 aliphatic carbocycles. The van der Waals surface area contributed by atoms with E-state index in [0.717, 1.165) is 48.6 Å². The molecule has 8 heteroatoms. The third-order valence-electron chi connectivity index (χ3n) is 6.78. The first-order chi connectivity index (χ1) is 17.6. The number of rotatable bonds is 7. The first kappa shape index (κ1) is 23.8. The minimum absolute atomic E-state index is 0.00830. The lowest BCUT2D eigenvalue weighted by Crippen LogP contribution is -2.45. The average molecular weight is 486 g/mol. The summed E-state index contributed by atoms with van der Waals surface area (Å²) in [6.45, 7) is 2.88. The molecule has 2 aromatic carbocycles. The van der Waals surface area contributed by atoms with Crippen molar-refractivity contribution >= 4 is 17.6 Å². The van der Waals surface area contributed by atoms with Crippen LogP contribution in [0.4, 0.5) is 5.82 Å². The van der Waals surface area contributed by atoms with Crippen molar-refractivity contribution in [1.29, 1.82) is 0 Å². The zero-order valence-electron chi connectivity index (χ0n) is 20.5. The summed E-state index contributed by atoms with van der Waals surface area (Å²) in [5, 5.41) is 8.88. The number of ether oxygens (including phenoxy) is 1. The third-order valence-corrected chi connectivity index (χ3v) is 6.78. The van der Waals surface area contributed by atoms with Crippen LogP contribution in [0, 0.1) is 0 Å². The number of carbonyl (C=O) groups excluding carboxylic acids is 2. The highest BCUT2D eigenvalue weighted by Crippen LogP contribution is 2.28. The predicted molar refractivity (Wildman–Crippen MR) is 138 cm³/mol. The Balaban J connectivity index is 1.19. The second-order valence-electron chi connectivity index (χ2n) is 9.26. The highest BCUT2D eigenvalue weighted by atomic mass is 16.5. The fourth-order valence-corrected chi connectivity index (χ4v) is 4.55. The molecular formula is C28H31N5O3. The lowest BCUT2D eigenvalue weighted by atomic mass is 10.1. The number of hydrogen-bond acceptors (Lipinski definition) is 6. The fraction of sp³-hybridized carbons (Fsp3) is 0.357. The van der Waals surface area contributed by atoms with Gasteiger partial charge in [0.25, 0.3) is 5.91 Å². The van der Waals surface area contributed by atoms with Gasteiger partial charge in [0, 0.05) is 43.3 Å². The number of carbonyl (C=O) groups is 2. The number of hydrogen-bond donors (Lipinski definition) is 0. The minimum atomic E-state index is -0.0601. The van der Waals surface area contributed by atoms with Crippen LogP contribution in [-0.4, -0.2) is 77.7 Å². The number of amides is 2. The van der Waals surface area contributed by atoms with Gasteiger partial charge < -0.3 is 19.4 Å². The molecular weight excluding hydrogens is 454 g/mol. The molecule has 1 aliphatic heterocycles. The van der Waals surface area contributed by atoms with Crippen LogP contribution < -0.4 is 9.64 Å². The lowest BCUT2D eigenvalue weighted by molar-refractivity contribution is -0.131. The Morgan fingerprint density at radius 2 is 1.69 bits per heavy atom. The molecule has 1 saturated heterocycles. The molecule has 2 aliphatic rings. The van der Waals surface area contributed by atoms with Gasteiger partial charge in [0.2, 0.25) is 5.91 Å². The number of aromatic nitrogens is 2. The van der Waals surface area contributed by atoms with Gasteiger partial charge in [-0.05, 0) is 67.8 Å². The van der Waals surface area contributed by atoms with Gasteiger partial charge in [0.1, 0.15) is 12.3 Å². The quantitative estimate of drug-likeness (QED) is 0.510. The smallest absolute Gasteiger partial charge is 0.254 e. The summed E-state index contributed by atoms with van der Waals surface area (Å²) >= 11 is 0. The summed E-state index contributed by atoms with van der Waals surface area (Å²) < 4.78 is 5.22. The van der Waals surface area contributed by atoms with Crippen molar-refractivity contribution in [2.45, 2.75) is 25.3 Å². The highest BCUT2D eigenvalue weighted by Gasteiger charge is 2.35. The van der Waals surface area contributed by atoms with Gasteiger partial charge in [-0.15, -0.1) is 10.2 Å². The van der Waals surface area contributed by atoms with Crippen molar-refractivity contribution in [2.24, 2.45) is 0 Å². The van der Waals surface area contributed by atoms with Gasteiger partial charge in [-0.3, -0.25) is 9.59 Å². The number of benzene rings is 2. The Bertz CT molecular complexity index is 1180. The monoisotopic (exact) mass is 485 g/mol. The van der Waals surface area contributed by atoms with Gasteiger partial charge in [0.05, 0.1) is 12.8 Å². The molecule has 0 bridgehead atoms. The van der Waals surface area contributed by atoms with Crippen LogP contribution in [0.25, 0.3) is 11.3 Å². The van der Waals surface area contributed by atoms with Gasteiger partial charge in [-0.1, -0.05) is 18.2 Å². The molecule has 0 spiro atoms. The van der Waals surface area contributed by atoms with Crippen molar-refractivity contribution in [3.8, 4) is 17.0 Å². The molecule has 2 heterocycles. The van der Waals surface area contributed by atoms with Crippen LogP contribution in [0.2, 0.25) is 0 Å². The molecule has 0 atom stereocenters. The first-order valence-electron chi connectivity index (χ1n) is 12.5. The van der Waals surface area contributed by atoms with Crippen LogP contribution in [0.5, 0.6) is 5.75 Å². The minimum Gasteiger partial charge on any atom is -0.497 e. The Morgan fingerprint density at radius 1 is 0.917 bits per heavy atom. The van der Waals surface area contributed by atoms with Crippen LogP contribution in [0.15, 0.2) is 66.7 Å². The molecule has 3 aromatic rings. The molecule has 5 rings (SSSR count). The number of anilines is 1. The van der Waals surface area contributed by atoms with Crippen molar-refractivity contribution < 1.29 is 14.3 Å². The van der Waals surface area contributed by atoms with Crippen molar-refractivity contribution in [3.05, 3.63) is 72.3 Å². The molecule has 2 amide bonds. The van der Waals surface area contributed by atoms with Gasteiger partial charge >= 0.3 is 0 Å². The van der Waals surface area contributed by atoms with Crippen LogP contribution >= 0.6 is 0 Å². The van der Waals surface area contributed by atoms with Crippen molar-refractivity contribution in [1.82, 2.24) is 20.0 Å². The maximum atomic E-state index is 13.2. The topological polar surface area (TPSA) is 78.9 Å². The summed E-state index contributed by atoms with van der Waals surface area (Å²) in [6, 6.07) is 21.1. The molecule has 1 aromatic heterocycles.